The molecule has 0 spiro atoms. The highest BCUT2D eigenvalue weighted by Crippen LogP contribution is 2.29. The summed E-state index contributed by atoms with van der Waals surface area (Å²) in [6.07, 6.45) is 8.27. The summed E-state index contributed by atoms with van der Waals surface area (Å²) < 4.78 is 5.80. The first kappa shape index (κ1) is 11.7. The Morgan fingerprint density at radius 2 is 2.13 bits per heavy atom. The summed E-state index contributed by atoms with van der Waals surface area (Å²) in [7, 11) is 0. The van der Waals surface area contributed by atoms with Crippen LogP contribution in [0, 0.1) is 0 Å². The molecule has 0 amide bonds. The van der Waals surface area contributed by atoms with Gasteiger partial charge in [-0.25, -0.2) is 0 Å². The standard InChI is InChI=1S/C12H22ClNO/c13-7-2-1-3-8-14-9-10-15-12-6-4-5-11(12)14/h11-12H,1-10H2. The van der Waals surface area contributed by atoms with Crippen LogP contribution in [0.2, 0.25) is 0 Å². The molecule has 15 heavy (non-hydrogen) atoms. The second-order valence-corrected chi connectivity index (χ2v) is 5.07. The molecule has 0 aromatic heterocycles. The number of hydrogen-bond acceptors (Lipinski definition) is 2. The highest BCUT2D eigenvalue weighted by molar-refractivity contribution is 6.17. The summed E-state index contributed by atoms with van der Waals surface area (Å²) in [5.74, 6) is 0.815. The molecule has 0 aromatic rings. The lowest BCUT2D eigenvalue weighted by Crippen LogP contribution is -2.48. The van der Waals surface area contributed by atoms with Gasteiger partial charge in [0.1, 0.15) is 0 Å². The van der Waals surface area contributed by atoms with E-state index in [2.05, 4.69) is 4.90 Å². The smallest absolute Gasteiger partial charge is 0.0730 e. The number of hydrogen-bond donors (Lipinski definition) is 0. The van der Waals surface area contributed by atoms with Gasteiger partial charge in [0.05, 0.1) is 12.7 Å². The molecule has 0 aromatic carbocycles. The first-order valence-electron chi connectivity index (χ1n) is 6.33. The lowest BCUT2D eigenvalue weighted by atomic mass is 10.1. The number of rotatable bonds is 5. The highest BCUT2D eigenvalue weighted by atomic mass is 35.5. The van der Waals surface area contributed by atoms with Gasteiger partial charge >= 0.3 is 0 Å². The van der Waals surface area contributed by atoms with Crippen LogP contribution in [-0.4, -0.2) is 42.6 Å². The zero-order valence-corrected chi connectivity index (χ0v) is 10.2. The molecular weight excluding hydrogens is 210 g/mol. The van der Waals surface area contributed by atoms with Crippen molar-refractivity contribution < 1.29 is 4.74 Å². The van der Waals surface area contributed by atoms with Gasteiger partial charge in [-0.3, -0.25) is 4.90 Å². The second-order valence-electron chi connectivity index (χ2n) is 4.69. The number of alkyl halides is 1. The maximum absolute atomic E-state index is 5.80. The van der Waals surface area contributed by atoms with Gasteiger partial charge in [-0.2, -0.15) is 0 Å². The molecule has 2 nitrogen and oxygen atoms in total. The highest BCUT2D eigenvalue weighted by Gasteiger charge is 2.35. The van der Waals surface area contributed by atoms with Crippen molar-refractivity contribution in [2.24, 2.45) is 0 Å². The Bertz CT molecular complexity index is 188. The predicted octanol–water partition coefficient (Wildman–Crippen LogP) is 2.65. The minimum absolute atomic E-state index is 0.548. The third-order valence-corrected chi connectivity index (χ3v) is 3.94. The topological polar surface area (TPSA) is 12.5 Å². The van der Waals surface area contributed by atoms with Crippen LogP contribution in [0.1, 0.15) is 38.5 Å². The molecule has 0 bridgehead atoms. The summed E-state index contributed by atoms with van der Waals surface area (Å²) >= 11 is 5.68. The molecule has 0 N–H and O–H groups in total. The Kier molecular flexibility index (Phi) is 4.73. The zero-order chi connectivity index (χ0) is 10.5. The molecule has 2 unspecified atom stereocenters. The largest absolute Gasteiger partial charge is 0.375 e. The van der Waals surface area contributed by atoms with Gasteiger partial charge < -0.3 is 4.74 Å². The van der Waals surface area contributed by atoms with E-state index in [4.69, 9.17) is 16.3 Å². The van der Waals surface area contributed by atoms with Crippen molar-refractivity contribution in [1.82, 2.24) is 4.90 Å². The van der Waals surface area contributed by atoms with E-state index in [9.17, 15) is 0 Å². The van der Waals surface area contributed by atoms with Crippen molar-refractivity contribution in [3.8, 4) is 0 Å². The molecule has 1 aliphatic carbocycles. The van der Waals surface area contributed by atoms with Crippen LogP contribution in [0.4, 0.5) is 0 Å². The molecule has 1 saturated heterocycles. The van der Waals surface area contributed by atoms with Gasteiger partial charge in [-0.15, -0.1) is 11.6 Å². The van der Waals surface area contributed by atoms with Gasteiger partial charge in [0.25, 0.3) is 0 Å². The first-order chi connectivity index (χ1) is 7.42. The van der Waals surface area contributed by atoms with Gasteiger partial charge in [0.15, 0.2) is 0 Å². The Labute approximate surface area is 97.9 Å². The van der Waals surface area contributed by atoms with Crippen molar-refractivity contribution in [2.75, 3.05) is 25.6 Å². The van der Waals surface area contributed by atoms with E-state index in [0.717, 1.165) is 25.1 Å². The van der Waals surface area contributed by atoms with E-state index in [1.165, 1.54) is 45.1 Å². The van der Waals surface area contributed by atoms with Crippen molar-refractivity contribution in [3.63, 3.8) is 0 Å². The van der Waals surface area contributed by atoms with E-state index in [1.807, 2.05) is 0 Å². The van der Waals surface area contributed by atoms with Crippen LogP contribution in [0.15, 0.2) is 0 Å². The van der Waals surface area contributed by atoms with E-state index < -0.39 is 0 Å². The van der Waals surface area contributed by atoms with Crippen molar-refractivity contribution in [1.29, 1.82) is 0 Å². The Hall–Kier alpha value is 0.210. The van der Waals surface area contributed by atoms with Crippen molar-refractivity contribution in [3.05, 3.63) is 0 Å². The Morgan fingerprint density at radius 1 is 1.20 bits per heavy atom. The van der Waals surface area contributed by atoms with E-state index >= 15 is 0 Å². The summed E-state index contributed by atoms with van der Waals surface area (Å²) in [5, 5.41) is 0. The molecule has 2 fully saturated rings. The lowest BCUT2D eigenvalue weighted by molar-refractivity contribution is -0.0558. The summed E-state index contributed by atoms with van der Waals surface area (Å²) in [5.41, 5.74) is 0. The lowest BCUT2D eigenvalue weighted by Gasteiger charge is -2.37. The van der Waals surface area contributed by atoms with Crippen molar-refractivity contribution in [2.45, 2.75) is 50.7 Å². The van der Waals surface area contributed by atoms with Gasteiger partial charge in [0, 0.05) is 18.5 Å². The maximum Gasteiger partial charge on any atom is 0.0730 e. The minimum atomic E-state index is 0.548. The average Bonchev–Trinajstić information content (AvgIpc) is 2.73. The van der Waals surface area contributed by atoms with Crippen LogP contribution in [0.25, 0.3) is 0 Å². The monoisotopic (exact) mass is 231 g/mol. The molecule has 2 aliphatic rings. The fraction of sp³-hybridized carbons (Fsp3) is 1.00. The molecule has 3 heteroatoms. The molecular formula is C12H22ClNO. The summed E-state index contributed by atoms with van der Waals surface area (Å²) in [4.78, 5) is 2.65. The first-order valence-corrected chi connectivity index (χ1v) is 6.87. The minimum Gasteiger partial charge on any atom is -0.375 e. The molecule has 1 saturated carbocycles. The number of halogens is 1. The van der Waals surface area contributed by atoms with Crippen LogP contribution in [-0.2, 0) is 4.74 Å². The molecule has 1 heterocycles. The quantitative estimate of drug-likeness (QED) is 0.533. The normalized spacial score (nSPS) is 31.8. The van der Waals surface area contributed by atoms with E-state index in [1.54, 1.807) is 0 Å². The predicted molar refractivity (Wildman–Crippen MR) is 63.5 cm³/mol. The van der Waals surface area contributed by atoms with Crippen LogP contribution in [0.3, 0.4) is 0 Å². The van der Waals surface area contributed by atoms with Gasteiger partial charge in [-0.05, 0) is 38.6 Å². The van der Waals surface area contributed by atoms with Crippen LogP contribution >= 0.6 is 11.6 Å². The summed E-state index contributed by atoms with van der Waals surface area (Å²) in [6, 6.07) is 0.731. The SMILES string of the molecule is ClCCCCCN1CCOC2CCCC21. The summed E-state index contributed by atoms with van der Waals surface area (Å²) in [6.45, 7) is 3.33. The fourth-order valence-corrected chi connectivity index (χ4v) is 3.06. The molecule has 2 atom stereocenters. The third-order valence-electron chi connectivity index (χ3n) is 3.68. The fourth-order valence-electron chi connectivity index (χ4n) is 2.87. The van der Waals surface area contributed by atoms with E-state index in [-0.39, 0.29) is 0 Å². The van der Waals surface area contributed by atoms with E-state index in [0.29, 0.717) is 6.10 Å². The van der Waals surface area contributed by atoms with Gasteiger partial charge in [-0.1, -0.05) is 6.42 Å². The second kappa shape index (κ2) is 6.07. The maximum atomic E-state index is 5.80. The number of morpholine rings is 1. The number of nitrogens with zero attached hydrogens (tertiary/aromatic N) is 1. The number of unbranched alkanes of at least 4 members (excludes halogenated alkanes) is 2. The average molecular weight is 232 g/mol. The Morgan fingerprint density at radius 3 is 3.00 bits per heavy atom. The van der Waals surface area contributed by atoms with Gasteiger partial charge in [0.2, 0.25) is 0 Å². The molecule has 88 valence electrons. The van der Waals surface area contributed by atoms with Crippen molar-refractivity contribution >= 4 is 11.6 Å². The third kappa shape index (κ3) is 3.08. The van der Waals surface area contributed by atoms with Crippen LogP contribution in [0.5, 0.6) is 0 Å². The molecule has 0 radical (unpaired) electrons. The Balaban J connectivity index is 1.71. The number of fused-ring (bicyclic) bond motifs is 1. The molecule has 2 rings (SSSR count). The zero-order valence-electron chi connectivity index (χ0n) is 9.46. The van der Waals surface area contributed by atoms with Crippen LogP contribution < -0.4 is 0 Å². The molecule has 1 aliphatic heterocycles. The number of ether oxygens (including phenoxy) is 1.